The summed E-state index contributed by atoms with van der Waals surface area (Å²) < 4.78 is 0. The number of hydrogen-bond acceptors (Lipinski definition) is 2. The van der Waals surface area contributed by atoms with Crippen molar-refractivity contribution in [3.05, 3.63) is 11.6 Å². The Labute approximate surface area is 93.3 Å². The molecule has 0 amide bonds. The van der Waals surface area contributed by atoms with Crippen LogP contribution in [0.3, 0.4) is 0 Å². The van der Waals surface area contributed by atoms with E-state index in [2.05, 4.69) is 17.9 Å². The first kappa shape index (κ1) is 12.4. The minimum atomic E-state index is 0.257. The van der Waals surface area contributed by atoms with Gasteiger partial charge in [0.25, 0.3) is 0 Å². The van der Waals surface area contributed by atoms with E-state index in [0.29, 0.717) is 5.78 Å². The molecule has 0 aromatic carbocycles. The number of unbranched alkanes of at least 4 members (excludes halogenated alkanes) is 2. The highest BCUT2D eigenvalue weighted by molar-refractivity contribution is 5.99. The normalized spacial score (nSPS) is 24.4. The molecular weight excluding hydrogens is 186 g/mol. The molecule has 0 aromatic heterocycles. The lowest BCUT2D eigenvalue weighted by Gasteiger charge is -2.13. The molecule has 0 aromatic rings. The van der Waals surface area contributed by atoms with Crippen LogP contribution in [0.5, 0.6) is 0 Å². The predicted octanol–water partition coefficient (Wildman–Crippen LogP) is 2.64. The number of carbonyl (C=O) groups is 1. The Kier molecular flexibility index (Phi) is 5.03. The second-order valence-electron chi connectivity index (χ2n) is 4.73. The molecule has 0 unspecified atom stereocenters. The van der Waals surface area contributed by atoms with Gasteiger partial charge in [-0.05, 0) is 38.9 Å². The first-order chi connectivity index (χ1) is 7.15. The van der Waals surface area contributed by atoms with E-state index in [1.54, 1.807) is 0 Å². The largest absolute Gasteiger partial charge is 0.309 e. The zero-order valence-corrected chi connectivity index (χ0v) is 10.3. The molecule has 0 spiro atoms. The Morgan fingerprint density at radius 2 is 2.20 bits per heavy atom. The van der Waals surface area contributed by atoms with Gasteiger partial charge in [-0.2, -0.15) is 0 Å². The molecule has 0 radical (unpaired) electrons. The fourth-order valence-electron chi connectivity index (χ4n) is 2.14. The first-order valence-electron chi connectivity index (χ1n) is 6.03. The van der Waals surface area contributed by atoms with Crippen LogP contribution in [-0.4, -0.2) is 31.3 Å². The summed E-state index contributed by atoms with van der Waals surface area (Å²) in [5, 5.41) is 0. The van der Waals surface area contributed by atoms with Crippen LogP contribution in [0.2, 0.25) is 0 Å². The molecule has 0 bridgehead atoms. The van der Waals surface area contributed by atoms with Crippen molar-refractivity contribution in [2.45, 2.75) is 39.0 Å². The molecule has 1 fully saturated rings. The number of carbonyl (C=O) groups excluding carboxylic acids is 1. The molecule has 1 aliphatic carbocycles. The number of rotatable bonds is 5. The molecule has 0 saturated heterocycles. The van der Waals surface area contributed by atoms with Crippen LogP contribution < -0.4 is 0 Å². The van der Waals surface area contributed by atoms with Gasteiger partial charge in [0.2, 0.25) is 0 Å². The molecular formula is C13H23NO. The van der Waals surface area contributed by atoms with E-state index >= 15 is 0 Å². The number of nitrogens with zero attached hydrogens (tertiary/aromatic N) is 1. The summed E-state index contributed by atoms with van der Waals surface area (Å²) in [5.41, 5.74) is 1.09. The highest BCUT2D eigenvalue weighted by Crippen LogP contribution is 2.27. The van der Waals surface area contributed by atoms with E-state index in [4.69, 9.17) is 0 Å². The van der Waals surface area contributed by atoms with Crippen molar-refractivity contribution in [3.63, 3.8) is 0 Å². The van der Waals surface area contributed by atoms with Crippen LogP contribution in [0.25, 0.3) is 0 Å². The van der Waals surface area contributed by atoms with Crippen molar-refractivity contribution < 1.29 is 4.79 Å². The first-order valence-corrected chi connectivity index (χ1v) is 6.03. The van der Waals surface area contributed by atoms with Crippen LogP contribution in [0, 0.1) is 5.92 Å². The molecule has 1 rings (SSSR count). The molecule has 86 valence electrons. The summed E-state index contributed by atoms with van der Waals surface area (Å²) in [6, 6.07) is 0. The van der Waals surface area contributed by atoms with Crippen molar-refractivity contribution in [2.75, 3.05) is 20.6 Å². The van der Waals surface area contributed by atoms with Gasteiger partial charge in [-0.3, -0.25) is 4.79 Å². The van der Waals surface area contributed by atoms with Crippen molar-refractivity contribution in [2.24, 2.45) is 5.92 Å². The lowest BCUT2D eigenvalue weighted by molar-refractivity contribution is -0.118. The van der Waals surface area contributed by atoms with Gasteiger partial charge in [0, 0.05) is 12.5 Å². The molecule has 1 atom stereocenters. The third-order valence-electron chi connectivity index (χ3n) is 2.98. The zero-order chi connectivity index (χ0) is 11.3. The van der Waals surface area contributed by atoms with Gasteiger partial charge in [0.15, 0.2) is 5.78 Å². The van der Waals surface area contributed by atoms with Gasteiger partial charge in [0.05, 0.1) is 0 Å². The summed E-state index contributed by atoms with van der Waals surface area (Å²) in [5.74, 6) is 0.660. The molecule has 15 heavy (non-hydrogen) atoms. The van der Waals surface area contributed by atoms with Gasteiger partial charge < -0.3 is 4.90 Å². The smallest absolute Gasteiger partial charge is 0.162 e. The van der Waals surface area contributed by atoms with Gasteiger partial charge in [-0.1, -0.05) is 25.8 Å². The maximum absolute atomic E-state index is 11.9. The van der Waals surface area contributed by atoms with E-state index in [1.807, 2.05) is 14.1 Å². The fourth-order valence-corrected chi connectivity index (χ4v) is 2.14. The Bertz CT molecular complexity index is 243. The van der Waals surface area contributed by atoms with Crippen LogP contribution >= 0.6 is 0 Å². The Morgan fingerprint density at radius 1 is 1.47 bits per heavy atom. The molecule has 0 heterocycles. The highest BCUT2D eigenvalue weighted by Gasteiger charge is 2.28. The van der Waals surface area contributed by atoms with Crippen LogP contribution in [0.4, 0.5) is 0 Å². The van der Waals surface area contributed by atoms with Gasteiger partial charge in [-0.15, -0.1) is 0 Å². The van der Waals surface area contributed by atoms with Crippen molar-refractivity contribution in [3.8, 4) is 0 Å². The number of allylic oxidation sites excluding steroid dienone is 2. The summed E-state index contributed by atoms with van der Waals surface area (Å²) in [6.07, 6.45) is 7.71. The van der Waals surface area contributed by atoms with Crippen molar-refractivity contribution in [1.29, 1.82) is 0 Å². The molecule has 1 aliphatic rings. The number of Topliss-reactive ketones (excluding diaryl/α,β-unsaturated/α-hetero) is 1. The summed E-state index contributed by atoms with van der Waals surface area (Å²) in [4.78, 5) is 14.0. The standard InChI is InChI=1S/C13H23NO/c1-4-5-6-7-11-8-9-12(13(11)15)10-14(2)3/h7,12H,4-6,8-10H2,1-3H3/b11-7-/t12-/m0/s1. The van der Waals surface area contributed by atoms with E-state index in [0.717, 1.165) is 31.4 Å². The second-order valence-corrected chi connectivity index (χ2v) is 4.73. The minimum Gasteiger partial charge on any atom is -0.309 e. The quantitative estimate of drug-likeness (QED) is 0.512. The topological polar surface area (TPSA) is 20.3 Å². The summed E-state index contributed by atoms with van der Waals surface area (Å²) in [7, 11) is 4.07. The maximum atomic E-state index is 11.9. The SMILES string of the molecule is CCCC/C=C1/CC[C@@H](CN(C)C)C1=O. The van der Waals surface area contributed by atoms with E-state index in [1.165, 1.54) is 12.8 Å². The van der Waals surface area contributed by atoms with E-state index in [-0.39, 0.29) is 5.92 Å². The second kappa shape index (κ2) is 6.06. The van der Waals surface area contributed by atoms with E-state index < -0.39 is 0 Å². The molecule has 1 saturated carbocycles. The van der Waals surface area contributed by atoms with E-state index in [9.17, 15) is 4.79 Å². The molecule has 0 aliphatic heterocycles. The Balaban J connectivity index is 2.45. The maximum Gasteiger partial charge on any atom is 0.162 e. The predicted molar refractivity (Wildman–Crippen MR) is 63.9 cm³/mol. The lowest BCUT2D eigenvalue weighted by Crippen LogP contribution is -2.24. The third kappa shape index (κ3) is 3.78. The van der Waals surface area contributed by atoms with Crippen LogP contribution in [0.15, 0.2) is 11.6 Å². The fraction of sp³-hybridized carbons (Fsp3) is 0.769. The average Bonchev–Trinajstić information content (AvgIpc) is 2.49. The average molecular weight is 209 g/mol. The van der Waals surface area contributed by atoms with Gasteiger partial charge >= 0.3 is 0 Å². The van der Waals surface area contributed by atoms with Gasteiger partial charge in [-0.25, -0.2) is 0 Å². The Hall–Kier alpha value is -0.630. The van der Waals surface area contributed by atoms with Crippen LogP contribution in [-0.2, 0) is 4.79 Å². The third-order valence-corrected chi connectivity index (χ3v) is 2.98. The van der Waals surface area contributed by atoms with Crippen molar-refractivity contribution >= 4 is 5.78 Å². The number of ketones is 1. The lowest BCUT2D eigenvalue weighted by atomic mass is 10.1. The molecule has 2 heteroatoms. The number of hydrogen-bond donors (Lipinski definition) is 0. The monoisotopic (exact) mass is 209 g/mol. The summed E-state index contributed by atoms with van der Waals surface area (Å²) >= 11 is 0. The minimum absolute atomic E-state index is 0.257. The van der Waals surface area contributed by atoms with Crippen molar-refractivity contribution in [1.82, 2.24) is 4.90 Å². The zero-order valence-electron chi connectivity index (χ0n) is 10.3. The Morgan fingerprint density at radius 3 is 2.80 bits per heavy atom. The van der Waals surface area contributed by atoms with Crippen LogP contribution in [0.1, 0.15) is 39.0 Å². The molecule has 2 nitrogen and oxygen atoms in total. The molecule has 0 N–H and O–H groups in total. The summed E-state index contributed by atoms with van der Waals surface area (Å²) in [6.45, 7) is 3.09. The highest BCUT2D eigenvalue weighted by atomic mass is 16.1. The van der Waals surface area contributed by atoms with Gasteiger partial charge in [0.1, 0.15) is 0 Å².